The van der Waals surface area contributed by atoms with Crippen LogP contribution in [-0.2, 0) is 11.2 Å². The van der Waals surface area contributed by atoms with Crippen LogP contribution in [0, 0.1) is 5.92 Å². The summed E-state index contributed by atoms with van der Waals surface area (Å²) in [4.78, 5) is 19.0. The van der Waals surface area contributed by atoms with Gasteiger partial charge in [0.25, 0.3) is 0 Å². The van der Waals surface area contributed by atoms with Crippen molar-refractivity contribution in [3.05, 3.63) is 59.9 Å². The average molecular weight is 339 g/mol. The number of amides is 1. The maximum atomic E-state index is 12.5. The summed E-state index contributed by atoms with van der Waals surface area (Å²) in [6, 6.07) is 13.6. The van der Waals surface area contributed by atoms with Gasteiger partial charge in [0.05, 0.1) is 24.3 Å². The summed E-state index contributed by atoms with van der Waals surface area (Å²) in [5.41, 5.74) is 2.95. The Labute approximate surface area is 148 Å². The van der Waals surface area contributed by atoms with E-state index in [4.69, 9.17) is 0 Å². The van der Waals surface area contributed by atoms with Crippen molar-refractivity contribution in [2.24, 2.45) is 5.92 Å². The maximum Gasteiger partial charge on any atom is 0.224 e. The molecule has 1 aliphatic rings. The van der Waals surface area contributed by atoms with E-state index >= 15 is 0 Å². The van der Waals surface area contributed by atoms with Crippen LogP contribution in [0.2, 0.25) is 0 Å². The lowest BCUT2D eigenvalue weighted by Gasteiger charge is -2.37. The van der Waals surface area contributed by atoms with Crippen LogP contribution >= 0.6 is 0 Å². The Kier molecular flexibility index (Phi) is 5.34. The quantitative estimate of drug-likeness (QED) is 0.848. The number of carbonyl (C=O) groups excluding carboxylic acids is 1. The first-order valence-corrected chi connectivity index (χ1v) is 8.67. The maximum absolute atomic E-state index is 12.5. The van der Waals surface area contributed by atoms with Crippen molar-refractivity contribution in [3.63, 3.8) is 0 Å². The number of aromatic nitrogens is 1. The minimum atomic E-state index is -0.258. The van der Waals surface area contributed by atoms with Gasteiger partial charge in [-0.1, -0.05) is 18.2 Å². The molecule has 1 saturated carbocycles. The average Bonchev–Trinajstić information content (AvgIpc) is 2.58. The van der Waals surface area contributed by atoms with E-state index in [1.54, 1.807) is 6.20 Å². The second-order valence-corrected chi connectivity index (χ2v) is 6.92. The van der Waals surface area contributed by atoms with Gasteiger partial charge in [0.1, 0.15) is 0 Å². The molecule has 0 bridgehead atoms. The Balaban J connectivity index is 1.66. The number of anilines is 1. The minimum Gasteiger partial charge on any atom is -0.393 e. The first-order chi connectivity index (χ1) is 12.0. The van der Waals surface area contributed by atoms with Gasteiger partial charge in [-0.05, 0) is 48.6 Å². The highest BCUT2D eigenvalue weighted by atomic mass is 16.3. The number of aliphatic hydroxyl groups is 1. The van der Waals surface area contributed by atoms with Crippen LogP contribution < -0.4 is 10.2 Å². The predicted octanol–water partition coefficient (Wildman–Crippen LogP) is 2.32. The third kappa shape index (κ3) is 4.37. The van der Waals surface area contributed by atoms with Gasteiger partial charge >= 0.3 is 0 Å². The first kappa shape index (κ1) is 17.4. The van der Waals surface area contributed by atoms with Crippen molar-refractivity contribution in [2.45, 2.75) is 31.4 Å². The molecule has 1 amide bonds. The summed E-state index contributed by atoms with van der Waals surface area (Å²) in [5, 5.41) is 12.7. The van der Waals surface area contributed by atoms with Crippen LogP contribution in [-0.4, -0.2) is 36.2 Å². The van der Waals surface area contributed by atoms with Gasteiger partial charge in [0, 0.05) is 26.0 Å². The number of benzene rings is 1. The molecule has 1 fully saturated rings. The fourth-order valence-electron chi connectivity index (χ4n) is 3.22. The molecular formula is C20H25N3O2. The summed E-state index contributed by atoms with van der Waals surface area (Å²) in [6.45, 7) is 0. The lowest BCUT2D eigenvalue weighted by molar-refractivity contribution is -0.122. The lowest BCUT2D eigenvalue weighted by atomic mass is 9.76. The second-order valence-electron chi connectivity index (χ2n) is 6.92. The highest BCUT2D eigenvalue weighted by molar-refractivity contribution is 5.79. The largest absolute Gasteiger partial charge is 0.393 e. The molecule has 25 heavy (non-hydrogen) atoms. The molecule has 0 saturated heterocycles. The van der Waals surface area contributed by atoms with Gasteiger partial charge in [-0.15, -0.1) is 0 Å². The van der Waals surface area contributed by atoms with Crippen molar-refractivity contribution in [3.8, 4) is 0 Å². The Hall–Kier alpha value is -2.40. The SMILES string of the molecule is CN(C)c1ccc(CC(=O)NC(c2ccccn2)C2CC(O)C2)cc1. The standard InChI is InChI=1S/C20H25N3O2/c1-23(2)16-8-6-14(7-9-16)11-19(25)22-20(15-12-17(24)13-15)18-5-3-4-10-21-18/h3-10,15,17,20,24H,11-13H2,1-2H3,(H,22,25). The number of hydrogen-bond donors (Lipinski definition) is 2. The van der Waals surface area contributed by atoms with Crippen LogP contribution in [0.5, 0.6) is 0 Å². The number of hydrogen-bond acceptors (Lipinski definition) is 4. The zero-order valence-corrected chi connectivity index (χ0v) is 14.7. The van der Waals surface area contributed by atoms with E-state index in [-0.39, 0.29) is 24.0 Å². The van der Waals surface area contributed by atoms with Gasteiger partial charge in [-0.3, -0.25) is 9.78 Å². The molecule has 1 heterocycles. The van der Waals surface area contributed by atoms with Crippen LogP contribution in [0.25, 0.3) is 0 Å². The Morgan fingerprint density at radius 2 is 1.96 bits per heavy atom. The van der Waals surface area contributed by atoms with Gasteiger partial charge in [0.2, 0.25) is 5.91 Å². The van der Waals surface area contributed by atoms with Crippen LogP contribution in [0.1, 0.15) is 30.1 Å². The van der Waals surface area contributed by atoms with Crippen molar-refractivity contribution in [1.82, 2.24) is 10.3 Å². The fourth-order valence-corrected chi connectivity index (χ4v) is 3.22. The molecule has 1 unspecified atom stereocenters. The number of nitrogens with one attached hydrogen (secondary N) is 1. The lowest BCUT2D eigenvalue weighted by Crippen LogP contribution is -2.42. The molecule has 2 N–H and O–H groups in total. The Morgan fingerprint density at radius 1 is 1.24 bits per heavy atom. The smallest absolute Gasteiger partial charge is 0.224 e. The van der Waals surface area contributed by atoms with Crippen molar-refractivity contribution in [1.29, 1.82) is 0 Å². The van der Waals surface area contributed by atoms with E-state index in [1.807, 2.05) is 61.5 Å². The predicted molar refractivity (Wildman–Crippen MR) is 98.3 cm³/mol. The molecule has 1 aromatic carbocycles. The monoisotopic (exact) mass is 339 g/mol. The molecule has 0 radical (unpaired) electrons. The topological polar surface area (TPSA) is 65.5 Å². The van der Waals surface area contributed by atoms with Crippen LogP contribution in [0.3, 0.4) is 0 Å². The fraction of sp³-hybridized carbons (Fsp3) is 0.400. The molecule has 0 spiro atoms. The third-order valence-corrected chi connectivity index (χ3v) is 4.76. The second kappa shape index (κ2) is 7.66. The Morgan fingerprint density at radius 3 is 2.52 bits per heavy atom. The Bertz CT molecular complexity index is 695. The van der Waals surface area contributed by atoms with Gasteiger partial charge in [0.15, 0.2) is 0 Å². The first-order valence-electron chi connectivity index (χ1n) is 8.67. The highest BCUT2D eigenvalue weighted by Gasteiger charge is 2.36. The summed E-state index contributed by atoms with van der Waals surface area (Å²) < 4.78 is 0. The zero-order chi connectivity index (χ0) is 17.8. The molecule has 0 aliphatic heterocycles. The molecule has 3 rings (SSSR count). The number of pyridine rings is 1. The van der Waals surface area contributed by atoms with E-state index in [0.29, 0.717) is 19.3 Å². The molecule has 1 aliphatic carbocycles. The zero-order valence-electron chi connectivity index (χ0n) is 14.7. The number of nitrogens with zero attached hydrogens (tertiary/aromatic N) is 2. The van der Waals surface area contributed by atoms with Crippen molar-refractivity contribution in [2.75, 3.05) is 19.0 Å². The normalized spacial score (nSPS) is 20.4. The number of rotatable bonds is 6. The van der Waals surface area contributed by atoms with E-state index in [9.17, 15) is 9.90 Å². The number of carbonyl (C=O) groups is 1. The van der Waals surface area contributed by atoms with Gasteiger partial charge in [-0.2, -0.15) is 0 Å². The van der Waals surface area contributed by atoms with Gasteiger partial charge < -0.3 is 15.3 Å². The molecule has 132 valence electrons. The third-order valence-electron chi connectivity index (χ3n) is 4.76. The van der Waals surface area contributed by atoms with E-state index in [1.165, 1.54) is 0 Å². The molecule has 5 heteroatoms. The van der Waals surface area contributed by atoms with Gasteiger partial charge in [-0.25, -0.2) is 0 Å². The molecule has 5 nitrogen and oxygen atoms in total. The highest BCUT2D eigenvalue weighted by Crippen LogP contribution is 2.37. The van der Waals surface area contributed by atoms with E-state index in [0.717, 1.165) is 16.9 Å². The summed E-state index contributed by atoms with van der Waals surface area (Å²) in [5.74, 6) is 0.222. The van der Waals surface area contributed by atoms with E-state index < -0.39 is 0 Å². The van der Waals surface area contributed by atoms with Crippen molar-refractivity contribution < 1.29 is 9.90 Å². The molecular weight excluding hydrogens is 314 g/mol. The molecule has 1 atom stereocenters. The minimum absolute atomic E-state index is 0.0188. The summed E-state index contributed by atoms with van der Waals surface area (Å²) in [7, 11) is 3.98. The summed E-state index contributed by atoms with van der Waals surface area (Å²) in [6.07, 6.45) is 3.24. The van der Waals surface area contributed by atoms with Crippen molar-refractivity contribution >= 4 is 11.6 Å². The van der Waals surface area contributed by atoms with Crippen LogP contribution in [0.4, 0.5) is 5.69 Å². The summed E-state index contributed by atoms with van der Waals surface area (Å²) >= 11 is 0. The molecule has 2 aromatic rings. The number of aliphatic hydroxyl groups excluding tert-OH is 1. The van der Waals surface area contributed by atoms with E-state index in [2.05, 4.69) is 10.3 Å². The molecule has 1 aromatic heterocycles. The van der Waals surface area contributed by atoms with Crippen LogP contribution in [0.15, 0.2) is 48.7 Å².